The first kappa shape index (κ1) is 16.3. The van der Waals surface area contributed by atoms with E-state index in [0.717, 1.165) is 37.6 Å². The molecule has 1 saturated heterocycles. The zero-order valence-corrected chi connectivity index (χ0v) is 13.4. The molecule has 1 aliphatic rings. The first-order valence-electron chi connectivity index (χ1n) is 7.75. The van der Waals surface area contributed by atoms with Crippen LogP contribution in [0, 0.1) is 0 Å². The van der Waals surface area contributed by atoms with Crippen molar-refractivity contribution in [1.29, 1.82) is 0 Å². The molecule has 0 N–H and O–H groups in total. The summed E-state index contributed by atoms with van der Waals surface area (Å²) < 4.78 is 16.2. The maximum absolute atomic E-state index is 5.60. The Morgan fingerprint density at radius 3 is 2.86 bits per heavy atom. The van der Waals surface area contributed by atoms with Gasteiger partial charge in [0.1, 0.15) is 5.75 Å². The molecule has 0 amide bonds. The Hall–Kier alpha value is -1.10. The zero-order chi connectivity index (χ0) is 15.1. The Balaban J connectivity index is 2.02. The van der Waals surface area contributed by atoms with Gasteiger partial charge in [0, 0.05) is 31.9 Å². The molecule has 1 aromatic carbocycles. The van der Waals surface area contributed by atoms with Crippen molar-refractivity contribution in [2.75, 3.05) is 34.0 Å². The highest BCUT2D eigenvalue weighted by molar-refractivity contribution is 5.37. The normalized spacial score (nSPS) is 19.1. The van der Waals surface area contributed by atoms with Crippen molar-refractivity contribution in [1.82, 2.24) is 4.90 Å². The molecule has 0 aliphatic carbocycles. The summed E-state index contributed by atoms with van der Waals surface area (Å²) in [6.07, 6.45) is 2.50. The molecular weight excluding hydrogens is 266 g/mol. The summed E-state index contributed by atoms with van der Waals surface area (Å²) in [5.41, 5.74) is 2.42. The van der Waals surface area contributed by atoms with Crippen molar-refractivity contribution in [3.63, 3.8) is 0 Å². The molecule has 1 aliphatic heterocycles. The minimum absolute atomic E-state index is 0.554. The van der Waals surface area contributed by atoms with Gasteiger partial charge in [0.05, 0.1) is 20.3 Å². The molecule has 1 unspecified atom stereocenters. The van der Waals surface area contributed by atoms with Crippen molar-refractivity contribution >= 4 is 0 Å². The van der Waals surface area contributed by atoms with Crippen LogP contribution in [-0.2, 0) is 22.6 Å². The van der Waals surface area contributed by atoms with Gasteiger partial charge in [-0.3, -0.25) is 4.90 Å². The molecule has 1 atom stereocenters. The van der Waals surface area contributed by atoms with E-state index < -0.39 is 0 Å². The minimum Gasteiger partial charge on any atom is -0.496 e. The smallest absolute Gasteiger partial charge is 0.124 e. The predicted molar refractivity (Wildman–Crippen MR) is 83.6 cm³/mol. The quantitative estimate of drug-likeness (QED) is 0.737. The number of likely N-dealkylation sites (tertiary alicyclic amines) is 1. The maximum Gasteiger partial charge on any atom is 0.124 e. The van der Waals surface area contributed by atoms with Gasteiger partial charge in [0.25, 0.3) is 0 Å². The second-order valence-corrected chi connectivity index (χ2v) is 5.51. The molecule has 1 aromatic rings. The number of nitrogens with zero attached hydrogens (tertiary/aromatic N) is 1. The van der Waals surface area contributed by atoms with Gasteiger partial charge in [-0.1, -0.05) is 6.07 Å². The number of benzene rings is 1. The summed E-state index contributed by atoms with van der Waals surface area (Å²) >= 11 is 0. The Bertz CT molecular complexity index is 436. The highest BCUT2D eigenvalue weighted by Crippen LogP contribution is 2.24. The SMILES string of the molecule is CCOCC1CCCN1Cc1ccc(OC)c(COC)c1. The lowest BCUT2D eigenvalue weighted by atomic mass is 10.1. The fraction of sp³-hybridized carbons (Fsp3) is 0.647. The Morgan fingerprint density at radius 2 is 2.14 bits per heavy atom. The monoisotopic (exact) mass is 293 g/mol. The molecule has 0 spiro atoms. The van der Waals surface area contributed by atoms with Crippen LogP contribution in [0.4, 0.5) is 0 Å². The van der Waals surface area contributed by atoms with Crippen LogP contribution in [0.15, 0.2) is 18.2 Å². The summed E-state index contributed by atoms with van der Waals surface area (Å²) in [6, 6.07) is 6.93. The van der Waals surface area contributed by atoms with Gasteiger partial charge in [-0.05, 0) is 44.0 Å². The number of ether oxygens (including phenoxy) is 3. The zero-order valence-electron chi connectivity index (χ0n) is 13.4. The third-order valence-electron chi connectivity index (χ3n) is 4.04. The van der Waals surface area contributed by atoms with E-state index in [1.54, 1.807) is 14.2 Å². The van der Waals surface area contributed by atoms with Crippen molar-refractivity contribution in [2.24, 2.45) is 0 Å². The topological polar surface area (TPSA) is 30.9 Å². The second kappa shape index (κ2) is 8.37. The average Bonchev–Trinajstić information content (AvgIpc) is 2.93. The predicted octanol–water partition coefficient (Wildman–Crippen LogP) is 2.84. The summed E-state index contributed by atoms with van der Waals surface area (Å²) in [7, 11) is 3.41. The standard InChI is InChI=1S/C17H27NO3/c1-4-21-13-16-6-5-9-18(16)11-14-7-8-17(20-3)15(10-14)12-19-2/h7-8,10,16H,4-6,9,11-13H2,1-3H3. The van der Waals surface area contributed by atoms with Gasteiger partial charge < -0.3 is 14.2 Å². The second-order valence-electron chi connectivity index (χ2n) is 5.51. The lowest BCUT2D eigenvalue weighted by molar-refractivity contribution is 0.0823. The molecule has 0 aromatic heterocycles. The maximum atomic E-state index is 5.60. The summed E-state index contributed by atoms with van der Waals surface area (Å²) in [5.74, 6) is 0.896. The van der Waals surface area contributed by atoms with E-state index in [9.17, 15) is 0 Å². The summed E-state index contributed by atoms with van der Waals surface area (Å²) in [5, 5.41) is 0. The van der Waals surface area contributed by atoms with Gasteiger partial charge in [0.2, 0.25) is 0 Å². The van der Waals surface area contributed by atoms with Gasteiger partial charge >= 0.3 is 0 Å². The van der Waals surface area contributed by atoms with Crippen LogP contribution in [-0.4, -0.2) is 44.9 Å². The first-order valence-corrected chi connectivity index (χ1v) is 7.75. The van der Waals surface area contributed by atoms with E-state index in [1.165, 1.54) is 18.4 Å². The Morgan fingerprint density at radius 1 is 1.29 bits per heavy atom. The molecular formula is C17H27NO3. The fourth-order valence-corrected chi connectivity index (χ4v) is 2.98. The van der Waals surface area contributed by atoms with E-state index >= 15 is 0 Å². The molecule has 21 heavy (non-hydrogen) atoms. The van der Waals surface area contributed by atoms with Gasteiger partial charge in [-0.2, -0.15) is 0 Å². The highest BCUT2D eigenvalue weighted by atomic mass is 16.5. The third kappa shape index (κ3) is 4.43. The van der Waals surface area contributed by atoms with Crippen LogP contribution < -0.4 is 4.74 Å². The molecule has 118 valence electrons. The molecule has 4 heteroatoms. The number of rotatable bonds is 8. The van der Waals surface area contributed by atoms with Crippen LogP contribution in [0.3, 0.4) is 0 Å². The average molecular weight is 293 g/mol. The van der Waals surface area contributed by atoms with E-state index in [1.807, 2.05) is 6.07 Å². The largest absolute Gasteiger partial charge is 0.496 e. The van der Waals surface area contributed by atoms with E-state index in [4.69, 9.17) is 14.2 Å². The van der Waals surface area contributed by atoms with Crippen LogP contribution in [0.5, 0.6) is 5.75 Å². The van der Waals surface area contributed by atoms with Crippen molar-refractivity contribution in [2.45, 2.75) is 39.0 Å². The van der Waals surface area contributed by atoms with Crippen molar-refractivity contribution < 1.29 is 14.2 Å². The number of hydrogen-bond acceptors (Lipinski definition) is 4. The van der Waals surface area contributed by atoms with Crippen LogP contribution >= 0.6 is 0 Å². The fourth-order valence-electron chi connectivity index (χ4n) is 2.98. The van der Waals surface area contributed by atoms with Crippen LogP contribution in [0.2, 0.25) is 0 Å². The minimum atomic E-state index is 0.554. The molecule has 2 rings (SSSR count). The van der Waals surface area contributed by atoms with E-state index in [0.29, 0.717) is 12.6 Å². The Labute approximate surface area is 128 Å². The molecule has 4 nitrogen and oxygen atoms in total. The van der Waals surface area contributed by atoms with Crippen LogP contribution in [0.1, 0.15) is 30.9 Å². The van der Waals surface area contributed by atoms with Gasteiger partial charge in [-0.15, -0.1) is 0 Å². The molecule has 1 fully saturated rings. The first-order chi connectivity index (χ1) is 10.3. The lowest BCUT2D eigenvalue weighted by Gasteiger charge is -2.24. The molecule has 0 radical (unpaired) electrons. The Kier molecular flexibility index (Phi) is 6.49. The van der Waals surface area contributed by atoms with Gasteiger partial charge in [-0.25, -0.2) is 0 Å². The van der Waals surface area contributed by atoms with Crippen molar-refractivity contribution in [3.05, 3.63) is 29.3 Å². The molecule has 0 bridgehead atoms. The van der Waals surface area contributed by atoms with E-state index in [2.05, 4.69) is 24.0 Å². The summed E-state index contributed by atoms with van der Waals surface area (Å²) in [4.78, 5) is 2.52. The van der Waals surface area contributed by atoms with Crippen LogP contribution in [0.25, 0.3) is 0 Å². The van der Waals surface area contributed by atoms with Gasteiger partial charge in [0.15, 0.2) is 0 Å². The molecule has 1 heterocycles. The third-order valence-corrected chi connectivity index (χ3v) is 4.04. The highest BCUT2D eigenvalue weighted by Gasteiger charge is 2.24. The van der Waals surface area contributed by atoms with E-state index in [-0.39, 0.29) is 0 Å². The number of hydrogen-bond donors (Lipinski definition) is 0. The van der Waals surface area contributed by atoms with Crippen molar-refractivity contribution in [3.8, 4) is 5.75 Å². The lowest BCUT2D eigenvalue weighted by Crippen LogP contribution is -2.32. The molecule has 0 saturated carbocycles. The summed E-state index contributed by atoms with van der Waals surface area (Å²) in [6.45, 7) is 6.41. The number of methoxy groups -OCH3 is 2.